The average Bonchev–Trinajstić information content (AvgIpc) is 2.46. The van der Waals surface area contributed by atoms with Crippen LogP contribution in [-0.4, -0.2) is 34.7 Å². The van der Waals surface area contributed by atoms with Crippen LogP contribution in [0.4, 0.5) is 4.79 Å². The van der Waals surface area contributed by atoms with E-state index in [9.17, 15) is 4.79 Å². The highest BCUT2D eigenvalue weighted by molar-refractivity contribution is 5.68. The molecule has 1 saturated heterocycles. The number of ether oxygens (including phenoxy) is 1. The summed E-state index contributed by atoms with van der Waals surface area (Å²) < 4.78 is 5.40. The lowest BCUT2D eigenvalue weighted by Gasteiger charge is -2.44. The van der Waals surface area contributed by atoms with Crippen molar-refractivity contribution < 1.29 is 9.53 Å². The quantitative estimate of drug-likeness (QED) is 0.917. The zero-order valence-corrected chi connectivity index (χ0v) is 15.0. The molecule has 1 amide bonds. The first kappa shape index (κ1) is 17.8. The number of likely N-dealkylation sites (tertiary alicyclic amines) is 1. The number of carbonyl (C=O) groups is 1. The van der Waals surface area contributed by atoms with Crippen molar-refractivity contribution in [3.8, 4) is 0 Å². The van der Waals surface area contributed by atoms with E-state index in [2.05, 4.69) is 48.3 Å². The minimum Gasteiger partial charge on any atom is -0.444 e. The highest BCUT2D eigenvalue weighted by Gasteiger charge is 2.34. The molecule has 0 radical (unpaired) electrons. The van der Waals surface area contributed by atoms with Crippen LogP contribution in [0.15, 0.2) is 30.3 Å². The fraction of sp³-hybridized carbons (Fsp3) is 0.632. The van der Waals surface area contributed by atoms with Gasteiger partial charge < -0.3 is 10.1 Å². The van der Waals surface area contributed by atoms with Crippen LogP contribution in [0.3, 0.4) is 0 Å². The molecule has 0 aliphatic carbocycles. The summed E-state index contributed by atoms with van der Waals surface area (Å²) in [7, 11) is 0. The summed E-state index contributed by atoms with van der Waals surface area (Å²) >= 11 is 0. The van der Waals surface area contributed by atoms with Crippen molar-refractivity contribution in [3.05, 3.63) is 35.9 Å². The number of nitrogens with one attached hydrogen (secondary N) is 1. The molecule has 128 valence electrons. The summed E-state index contributed by atoms with van der Waals surface area (Å²) in [5.41, 5.74) is 0.850. The third kappa shape index (κ3) is 5.24. The minimum atomic E-state index is -0.459. The topological polar surface area (TPSA) is 41.6 Å². The summed E-state index contributed by atoms with van der Waals surface area (Å²) in [5, 5.41) is 3.06. The van der Waals surface area contributed by atoms with Crippen LogP contribution in [0.1, 0.15) is 53.0 Å². The summed E-state index contributed by atoms with van der Waals surface area (Å²) in [6.45, 7) is 11.0. The standard InChI is InChI=1S/C19H30N2O2/c1-14-11-12-17(20-18(22)23-19(3,4)5)15(2)21(14)13-16-9-7-6-8-10-16/h6-10,14-15,17H,11-13H2,1-5H3,(H,20,22)/t14-,15+,17+/m1/s1. The first-order chi connectivity index (χ1) is 10.8. The van der Waals surface area contributed by atoms with Crippen LogP contribution in [0, 0.1) is 0 Å². The number of rotatable bonds is 3. The van der Waals surface area contributed by atoms with Crippen molar-refractivity contribution in [1.29, 1.82) is 0 Å². The van der Waals surface area contributed by atoms with Crippen molar-refractivity contribution >= 4 is 6.09 Å². The number of hydrogen-bond acceptors (Lipinski definition) is 3. The van der Waals surface area contributed by atoms with Crippen LogP contribution in [0.5, 0.6) is 0 Å². The van der Waals surface area contributed by atoms with E-state index in [0.29, 0.717) is 6.04 Å². The van der Waals surface area contributed by atoms with Gasteiger partial charge in [0, 0.05) is 24.7 Å². The number of piperidine rings is 1. The number of benzene rings is 1. The van der Waals surface area contributed by atoms with Crippen LogP contribution >= 0.6 is 0 Å². The average molecular weight is 318 g/mol. The Labute approximate surface area is 140 Å². The largest absolute Gasteiger partial charge is 0.444 e. The molecule has 0 bridgehead atoms. The molecule has 4 nitrogen and oxygen atoms in total. The lowest BCUT2D eigenvalue weighted by atomic mass is 9.92. The van der Waals surface area contributed by atoms with Crippen LogP contribution < -0.4 is 5.32 Å². The summed E-state index contributed by atoms with van der Waals surface area (Å²) in [5.74, 6) is 0. The molecule has 1 N–H and O–H groups in total. The molecular formula is C19H30N2O2. The second-order valence-electron chi connectivity index (χ2n) is 7.58. The molecule has 0 spiro atoms. The summed E-state index contributed by atoms with van der Waals surface area (Å²) in [6, 6.07) is 11.4. The zero-order valence-electron chi connectivity index (χ0n) is 15.0. The molecule has 23 heavy (non-hydrogen) atoms. The number of carbonyl (C=O) groups excluding carboxylic acids is 1. The molecule has 2 rings (SSSR count). The van der Waals surface area contributed by atoms with Crippen molar-refractivity contribution in [1.82, 2.24) is 10.2 Å². The van der Waals surface area contributed by atoms with Gasteiger partial charge in [0.1, 0.15) is 5.60 Å². The zero-order chi connectivity index (χ0) is 17.0. The van der Waals surface area contributed by atoms with E-state index in [-0.39, 0.29) is 18.2 Å². The Morgan fingerprint density at radius 1 is 1.22 bits per heavy atom. The maximum Gasteiger partial charge on any atom is 0.407 e. The molecule has 1 heterocycles. The van der Waals surface area contributed by atoms with E-state index in [0.717, 1.165) is 19.4 Å². The maximum atomic E-state index is 12.1. The fourth-order valence-electron chi connectivity index (χ4n) is 3.21. The van der Waals surface area contributed by atoms with Gasteiger partial charge in [-0.05, 0) is 53.0 Å². The van der Waals surface area contributed by atoms with Crippen molar-refractivity contribution in [2.45, 2.75) is 77.7 Å². The van der Waals surface area contributed by atoms with E-state index < -0.39 is 5.60 Å². The molecule has 1 aromatic carbocycles. The van der Waals surface area contributed by atoms with Gasteiger partial charge in [-0.15, -0.1) is 0 Å². The Bertz CT molecular complexity index is 510. The van der Waals surface area contributed by atoms with Gasteiger partial charge in [-0.2, -0.15) is 0 Å². The molecule has 1 aliphatic rings. The number of amides is 1. The van der Waals surface area contributed by atoms with Crippen molar-refractivity contribution in [2.75, 3.05) is 0 Å². The molecule has 0 aromatic heterocycles. The molecule has 1 aromatic rings. The second kappa shape index (κ2) is 7.35. The Kier molecular flexibility index (Phi) is 5.69. The third-order valence-electron chi connectivity index (χ3n) is 4.48. The molecular weight excluding hydrogens is 288 g/mol. The number of nitrogens with zero attached hydrogens (tertiary/aromatic N) is 1. The summed E-state index contributed by atoms with van der Waals surface area (Å²) in [4.78, 5) is 14.5. The van der Waals surface area contributed by atoms with Gasteiger partial charge in [-0.3, -0.25) is 4.90 Å². The highest BCUT2D eigenvalue weighted by atomic mass is 16.6. The van der Waals surface area contributed by atoms with Gasteiger partial charge in [0.2, 0.25) is 0 Å². The van der Waals surface area contributed by atoms with Crippen molar-refractivity contribution in [3.63, 3.8) is 0 Å². The maximum absolute atomic E-state index is 12.1. The van der Waals surface area contributed by atoms with Gasteiger partial charge in [-0.1, -0.05) is 30.3 Å². The normalized spacial score (nSPS) is 25.9. The molecule has 0 unspecified atom stereocenters. The lowest BCUT2D eigenvalue weighted by Crippen LogP contribution is -2.56. The minimum absolute atomic E-state index is 0.129. The van der Waals surface area contributed by atoms with E-state index in [1.807, 2.05) is 26.8 Å². The van der Waals surface area contributed by atoms with Crippen molar-refractivity contribution in [2.24, 2.45) is 0 Å². The molecule has 1 fully saturated rings. The van der Waals surface area contributed by atoms with Gasteiger partial charge >= 0.3 is 6.09 Å². The smallest absolute Gasteiger partial charge is 0.407 e. The highest BCUT2D eigenvalue weighted by Crippen LogP contribution is 2.25. The lowest BCUT2D eigenvalue weighted by molar-refractivity contribution is 0.0328. The Balaban J connectivity index is 1.99. The monoisotopic (exact) mass is 318 g/mol. The SMILES string of the molecule is C[C@@H]1CC[C@H](NC(=O)OC(C)(C)C)[C@H](C)N1Cc1ccccc1. The van der Waals surface area contributed by atoms with Gasteiger partial charge in [0.05, 0.1) is 0 Å². The Hall–Kier alpha value is -1.55. The van der Waals surface area contributed by atoms with E-state index >= 15 is 0 Å². The predicted molar refractivity (Wildman–Crippen MR) is 93.3 cm³/mol. The molecule has 1 aliphatic heterocycles. The van der Waals surface area contributed by atoms with Gasteiger partial charge in [-0.25, -0.2) is 4.79 Å². The van der Waals surface area contributed by atoms with E-state index in [4.69, 9.17) is 4.74 Å². The Morgan fingerprint density at radius 3 is 2.48 bits per heavy atom. The fourth-order valence-corrected chi connectivity index (χ4v) is 3.21. The number of alkyl carbamates (subject to hydrolysis) is 1. The van der Waals surface area contributed by atoms with E-state index in [1.54, 1.807) is 0 Å². The first-order valence-electron chi connectivity index (χ1n) is 8.55. The van der Waals surface area contributed by atoms with Gasteiger partial charge in [0.15, 0.2) is 0 Å². The number of hydrogen-bond donors (Lipinski definition) is 1. The predicted octanol–water partition coefficient (Wildman–Crippen LogP) is 3.95. The summed E-state index contributed by atoms with van der Waals surface area (Å²) in [6.07, 6.45) is 1.76. The molecule has 4 heteroatoms. The van der Waals surface area contributed by atoms with Crippen LogP contribution in [-0.2, 0) is 11.3 Å². The molecule has 3 atom stereocenters. The van der Waals surface area contributed by atoms with E-state index in [1.165, 1.54) is 5.56 Å². The van der Waals surface area contributed by atoms with Gasteiger partial charge in [0.25, 0.3) is 0 Å². The second-order valence-corrected chi connectivity index (χ2v) is 7.58. The first-order valence-corrected chi connectivity index (χ1v) is 8.55. The Morgan fingerprint density at radius 2 is 1.87 bits per heavy atom. The van der Waals surface area contributed by atoms with Crippen LogP contribution in [0.2, 0.25) is 0 Å². The molecule has 0 saturated carbocycles. The van der Waals surface area contributed by atoms with Crippen LogP contribution in [0.25, 0.3) is 0 Å². The third-order valence-corrected chi connectivity index (χ3v) is 4.48.